The second kappa shape index (κ2) is 7.91. The van der Waals surface area contributed by atoms with Gasteiger partial charge in [0.05, 0.1) is 14.2 Å². The normalized spacial score (nSPS) is 17.0. The Labute approximate surface area is 170 Å². The molecule has 0 spiro atoms. The molecule has 1 aliphatic rings. The number of hydrogen-bond acceptors (Lipinski definition) is 5. The number of aryl methyl sites for hydroxylation is 2. The van der Waals surface area contributed by atoms with Crippen LogP contribution >= 0.6 is 0 Å². The van der Waals surface area contributed by atoms with Gasteiger partial charge in [0.1, 0.15) is 17.1 Å². The molecule has 4 rings (SSSR count). The first-order valence-corrected chi connectivity index (χ1v) is 10.0. The van der Waals surface area contributed by atoms with Crippen LogP contribution in [0.15, 0.2) is 45.6 Å². The number of fused-ring (bicyclic) bond motifs is 1. The van der Waals surface area contributed by atoms with Gasteiger partial charge in [-0.3, -0.25) is 4.90 Å². The molecule has 0 radical (unpaired) electrons. The number of hydrogen-bond donors (Lipinski definition) is 0. The molecule has 0 aliphatic carbocycles. The zero-order chi connectivity index (χ0) is 20.5. The van der Waals surface area contributed by atoms with Crippen LogP contribution in [0.1, 0.15) is 41.1 Å². The van der Waals surface area contributed by atoms with Crippen molar-refractivity contribution in [2.45, 2.75) is 39.3 Å². The molecule has 1 aromatic heterocycles. The maximum absolute atomic E-state index is 12.3. The summed E-state index contributed by atoms with van der Waals surface area (Å²) in [6, 6.07) is 11.9. The monoisotopic (exact) mass is 393 g/mol. The first kappa shape index (κ1) is 19.5. The molecule has 5 nitrogen and oxygen atoms in total. The van der Waals surface area contributed by atoms with Gasteiger partial charge in [-0.1, -0.05) is 12.1 Å². The first-order chi connectivity index (χ1) is 14.0. The molecular formula is C24H27NO4. The van der Waals surface area contributed by atoms with Crippen molar-refractivity contribution in [1.82, 2.24) is 4.90 Å². The highest BCUT2D eigenvalue weighted by Gasteiger charge is 2.29. The van der Waals surface area contributed by atoms with Gasteiger partial charge in [0.2, 0.25) is 0 Å². The predicted octanol–water partition coefficient (Wildman–Crippen LogP) is 4.76. The number of rotatable bonds is 5. The van der Waals surface area contributed by atoms with Gasteiger partial charge in [-0.15, -0.1) is 0 Å². The molecule has 0 saturated carbocycles. The summed E-state index contributed by atoms with van der Waals surface area (Å²) in [5.74, 6) is 1.69. The number of ether oxygens (including phenoxy) is 2. The molecule has 1 atom stereocenters. The molecule has 3 aromatic rings. The fourth-order valence-corrected chi connectivity index (χ4v) is 4.34. The zero-order valence-electron chi connectivity index (χ0n) is 17.5. The van der Waals surface area contributed by atoms with E-state index in [1.54, 1.807) is 20.3 Å². The van der Waals surface area contributed by atoms with E-state index in [0.29, 0.717) is 12.1 Å². The topological polar surface area (TPSA) is 51.9 Å². The van der Waals surface area contributed by atoms with E-state index in [1.165, 1.54) is 0 Å². The molecule has 0 amide bonds. The molecule has 29 heavy (non-hydrogen) atoms. The van der Waals surface area contributed by atoms with E-state index in [-0.39, 0.29) is 11.7 Å². The molecule has 1 unspecified atom stereocenters. The van der Waals surface area contributed by atoms with Gasteiger partial charge < -0.3 is 13.9 Å². The van der Waals surface area contributed by atoms with Gasteiger partial charge >= 0.3 is 5.63 Å². The van der Waals surface area contributed by atoms with E-state index < -0.39 is 0 Å². The van der Waals surface area contributed by atoms with E-state index >= 15 is 0 Å². The first-order valence-electron chi connectivity index (χ1n) is 10.0. The standard InChI is InChI=1S/C24H27NO4/c1-15-7-9-19-17(12-23(26)29-24(19)16(15)2)14-25-11-5-6-21(25)20-13-18(27-3)8-10-22(20)28-4/h7-10,12-13,21H,5-6,11,14H2,1-4H3. The number of benzene rings is 2. The van der Waals surface area contributed by atoms with Crippen LogP contribution in [0.4, 0.5) is 0 Å². The van der Waals surface area contributed by atoms with Gasteiger partial charge in [-0.25, -0.2) is 4.79 Å². The van der Waals surface area contributed by atoms with Crippen molar-refractivity contribution in [3.05, 3.63) is 69.1 Å². The van der Waals surface area contributed by atoms with Crippen LogP contribution in [-0.2, 0) is 6.54 Å². The van der Waals surface area contributed by atoms with Gasteiger partial charge in [0, 0.05) is 29.6 Å². The summed E-state index contributed by atoms with van der Waals surface area (Å²) in [7, 11) is 3.38. The third-order valence-corrected chi connectivity index (χ3v) is 6.05. The van der Waals surface area contributed by atoms with Crippen LogP contribution in [0.3, 0.4) is 0 Å². The average Bonchev–Trinajstić information content (AvgIpc) is 3.18. The molecule has 2 aromatic carbocycles. The van der Waals surface area contributed by atoms with Crippen molar-refractivity contribution in [3.8, 4) is 11.5 Å². The Morgan fingerprint density at radius 1 is 1.10 bits per heavy atom. The van der Waals surface area contributed by atoms with Crippen LogP contribution in [0.25, 0.3) is 11.0 Å². The van der Waals surface area contributed by atoms with Crippen molar-refractivity contribution in [2.24, 2.45) is 0 Å². The van der Waals surface area contributed by atoms with Crippen molar-refractivity contribution >= 4 is 11.0 Å². The summed E-state index contributed by atoms with van der Waals surface area (Å²) in [6.07, 6.45) is 2.14. The summed E-state index contributed by atoms with van der Waals surface area (Å²) < 4.78 is 16.6. The maximum atomic E-state index is 12.3. The highest BCUT2D eigenvalue weighted by atomic mass is 16.5. The molecule has 1 fully saturated rings. The Bertz CT molecular complexity index is 1100. The van der Waals surface area contributed by atoms with Crippen LogP contribution in [0.2, 0.25) is 0 Å². The van der Waals surface area contributed by atoms with E-state index in [2.05, 4.69) is 23.1 Å². The minimum absolute atomic E-state index is 0.217. The minimum Gasteiger partial charge on any atom is -0.497 e. The van der Waals surface area contributed by atoms with Crippen molar-refractivity contribution in [2.75, 3.05) is 20.8 Å². The summed E-state index contributed by atoms with van der Waals surface area (Å²) in [4.78, 5) is 14.7. The highest BCUT2D eigenvalue weighted by molar-refractivity contribution is 5.83. The number of methoxy groups -OCH3 is 2. The maximum Gasteiger partial charge on any atom is 0.336 e. The second-order valence-electron chi connectivity index (χ2n) is 7.71. The van der Waals surface area contributed by atoms with Crippen molar-refractivity contribution < 1.29 is 13.9 Å². The summed E-state index contributed by atoms with van der Waals surface area (Å²) in [5, 5.41) is 1.01. The van der Waals surface area contributed by atoms with E-state index in [9.17, 15) is 4.79 Å². The zero-order valence-corrected chi connectivity index (χ0v) is 17.5. The van der Waals surface area contributed by atoms with Gasteiger partial charge in [0.15, 0.2) is 0 Å². The van der Waals surface area contributed by atoms with E-state index in [4.69, 9.17) is 13.9 Å². The Morgan fingerprint density at radius 3 is 2.69 bits per heavy atom. The van der Waals surface area contributed by atoms with Gasteiger partial charge in [0.25, 0.3) is 0 Å². The summed E-state index contributed by atoms with van der Waals surface area (Å²) >= 11 is 0. The largest absolute Gasteiger partial charge is 0.497 e. The van der Waals surface area contributed by atoms with Crippen molar-refractivity contribution in [3.63, 3.8) is 0 Å². The number of likely N-dealkylation sites (tertiary alicyclic amines) is 1. The predicted molar refractivity (Wildman–Crippen MR) is 114 cm³/mol. The highest BCUT2D eigenvalue weighted by Crippen LogP contribution is 2.40. The lowest BCUT2D eigenvalue weighted by Gasteiger charge is -2.27. The SMILES string of the molecule is COc1ccc(OC)c(C2CCCN2Cc2cc(=O)oc3c(C)c(C)ccc23)c1. The fourth-order valence-electron chi connectivity index (χ4n) is 4.34. The van der Waals surface area contributed by atoms with Crippen LogP contribution < -0.4 is 15.1 Å². The molecule has 5 heteroatoms. The average molecular weight is 393 g/mol. The summed E-state index contributed by atoms with van der Waals surface area (Å²) in [6.45, 7) is 5.70. The van der Waals surface area contributed by atoms with Gasteiger partial charge in [-0.05, 0) is 68.1 Å². The Kier molecular flexibility index (Phi) is 5.33. The molecule has 152 valence electrons. The molecule has 1 aliphatic heterocycles. The Hall–Kier alpha value is -2.79. The Morgan fingerprint density at radius 2 is 1.93 bits per heavy atom. The summed E-state index contributed by atoms with van der Waals surface area (Å²) in [5.41, 5.74) is 4.68. The minimum atomic E-state index is -0.295. The molecule has 0 N–H and O–H groups in total. The third kappa shape index (κ3) is 3.62. The molecule has 0 bridgehead atoms. The van der Waals surface area contributed by atoms with E-state index in [1.807, 2.05) is 26.0 Å². The second-order valence-corrected chi connectivity index (χ2v) is 7.71. The molecule has 2 heterocycles. The van der Waals surface area contributed by atoms with Gasteiger partial charge in [-0.2, -0.15) is 0 Å². The lowest BCUT2D eigenvalue weighted by molar-refractivity contribution is 0.243. The smallest absolute Gasteiger partial charge is 0.336 e. The van der Waals surface area contributed by atoms with Crippen LogP contribution in [0, 0.1) is 13.8 Å². The lowest BCUT2D eigenvalue weighted by atomic mass is 10.0. The number of nitrogens with zero attached hydrogens (tertiary/aromatic N) is 1. The molecular weight excluding hydrogens is 366 g/mol. The lowest BCUT2D eigenvalue weighted by Crippen LogP contribution is -2.24. The van der Waals surface area contributed by atoms with E-state index in [0.717, 1.165) is 58.5 Å². The van der Waals surface area contributed by atoms with Crippen LogP contribution in [0.5, 0.6) is 11.5 Å². The molecule has 1 saturated heterocycles. The van der Waals surface area contributed by atoms with Crippen LogP contribution in [-0.4, -0.2) is 25.7 Å². The quantitative estimate of drug-likeness (QED) is 0.585. The fraction of sp³-hybridized carbons (Fsp3) is 0.375. The Balaban J connectivity index is 1.74. The third-order valence-electron chi connectivity index (χ3n) is 6.05. The van der Waals surface area contributed by atoms with Crippen molar-refractivity contribution in [1.29, 1.82) is 0 Å².